The highest BCUT2D eigenvalue weighted by Gasteiger charge is 2.18. The van der Waals surface area contributed by atoms with E-state index in [1.807, 2.05) is 24.3 Å². The Morgan fingerprint density at radius 2 is 1.82 bits per heavy atom. The van der Waals surface area contributed by atoms with Gasteiger partial charge in [0.15, 0.2) is 5.11 Å². The predicted octanol–water partition coefficient (Wildman–Crippen LogP) is 5.33. The largest absolute Gasteiger partial charge is 0.355 e. The summed E-state index contributed by atoms with van der Waals surface area (Å²) >= 11 is 11.5. The number of aryl methyl sites for hydroxylation is 1. The van der Waals surface area contributed by atoms with Crippen molar-refractivity contribution in [2.24, 2.45) is 5.92 Å². The molecule has 2 rings (SSSR count). The van der Waals surface area contributed by atoms with Crippen molar-refractivity contribution in [3.63, 3.8) is 0 Å². The van der Waals surface area contributed by atoms with Crippen LogP contribution in [-0.2, 0) is 0 Å². The highest BCUT2D eigenvalue weighted by Crippen LogP contribution is 2.25. The van der Waals surface area contributed by atoms with E-state index in [1.54, 1.807) is 0 Å². The number of anilines is 1. The van der Waals surface area contributed by atoms with Gasteiger partial charge < -0.3 is 10.6 Å². The Kier molecular flexibility index (Phi) is 5.81. The Balaban J connectivity index is 2.11. The number of thiocarbonyl (C=S) groups is 1. The fourth-order valence-corrected chi connectivity index (χ4v) is 2.85. The third-order valence-electron chi connectivity index (χ3n) is 3.56. The zero-order valence-electron chi connectivity index (χ0n) is 13.1. The highest BCUT2D eigenvalue weighted by molar-refractivity contribution is 7.80. The summed E-state index contributed by atoms with van der Waals surface area (Å²) in [4.78, 5) is 0. The molecule has 22 heavy (non-hydrogen) atoms. The second kappa shape index (κ2) is 7.61. The zero-order valence-corrected chi connectivity index (χ0v) is 14.6. The lowest BCUT2D eigenvalue weighted by Gasteiger charge is -2.26. The Morgan fingerprint density at radius 1 is 1.09 bits per heavy atom. The smallest absolute Gasteiger partial charge is 0.171 e. The van der Waals surface area contributed by atoms with Crippen LogP contribution in [0.25, 0.3) is 0 Å². The Bertz CT molecular complexity index is 655. The zero-order chi connectivity index (χ0) is 16.1. The number of hydrogen-bond acceptors (Lipinski definition) is 1. The molecule has 116 valence electrons. The molecular formula is C18H21ClN2S. The lowest BCUT2D eigenvalue weighted by molar-refractivity contribution is 0.471. The van der Waals surface area contributed by atoms with Gasteiger partial charge in [0.1, 0.15) is 0 Å². The van der Waals surface area contributed by atoms with E-state index in [1.165, 1.54) is 11.1 Å². The van der Waals surface area contributed by atoms with Crippen molar-refractivity contribution in [2.75, 3.05) is 5.32 Å². The van der Waals surface area contributed by atoms with Crippen molar-refractivity contribution in [2.45, 2.75) is 26.8 Å². The third kappa shape index (κ3) is 4.46. The van der Waals surface area contributed by atoms with Crippen LogP contribution in [0, 0.1) is 12.8 Å². The summed E-state index contributed by atoms with van der Waals surface area (Å²) in [5.41, 5.74) is 3.42. The van der Waals surface area contributed by atoms with Gasteiger partial charge in [-0.05, 0) is 54.4 Å². The monoisotopic (exact) mass is 332 g/mol. The van der Waals surface area contributed by atoms with E-state index in [4.69, 9.17) is 23.8 Å². The summed E-state index contributed by atoms with van der Waals surface area (Å²) in [5.74, 6) is 0.417. The fourth-order valence-electron chi connectivity index (χ4n) is 2.41. The average Bonchev–Trinajstić information content (AvgIpc) is 2.45. The molecule has 0 radical (unpaired) electrons. The number of hydrogen-bond donors (Lipinski definition) is 2. The molecule has 0 amide bonds. The first-order valence-electron chi connectivity index (χ1n) is 7.36. The second-order valence-corrected chi connectivity index (χ2v) is 6.53. The molecule has 0 aromatic heterocycles. The van der Waals surface area contributed by atoms with Gasteiger partial charge in [-0.1, -0.05) is 55.8 Å². The van der Waals surface area contributed by atoms with Gasteiger partial charge in [0.2, 0.25) is 0 Å². The van der Waals surface area contributed by atoms with Gasteiger partial charge >= 0.3 is 0 Å². The summed E-state index contributed by atoms with van der Waals surface area (Å²) in [7, 11) is 0. The van der Waals surface area contributed by atoms with Crippen molar-refractivity contribution in [3.05, 3.63) is 64.7 Å². The minimum Gasteiger partial charge on any atom is -0.355 e. The Hall–Kier alpha value is -1.58. The van der Waals surface area contributed by atoms with E-state index < -0.39 is 0 Å². The van der Waals surface area contributed by atoms with Crippen LogP contribution in [-0.4, -0.2) is 5.11 Å². The molecule has 0 aliphatic heterocycles. The number of nitrogens with one attached hydrogen (secondary N) is 2. The van der Waals surface area contributed by atoms with Crippen LogP contribution in [0.4, 0.5) is 5.69 Å². The van der Waals surface area contributed by atoms with Crippen LogP contribution < -0.4 is 10.6 Å². The first kappa shape index (κ1) is 16.8. The number of rotatable bonds is 4. The second-order valence-electron chi connectivity index (χ2n) is 5.69. The van der Waals surface area contributed by atoms with Crippen molar-refractivity contribution in [1.82, 2.24) is 5.32 Å². The van der Waals surface area contributed by atoms with Crippen LogP contribution >= 0.6 is 23.8 Å². The molecule has 2 nitrogen and oxygen atoms in total. The summed E-state index contributed by atoms with van der Waals surface area (Å²) in [5, 5.41) is 7.90. The normalized spacial score (nSPS) is 12.0. The average molecular weight is 333 g/mol. The molecule has 4 heteroatoms. The maximum Gasteiger partial charge on any atom is 0.171 e. The van der Waals surface area contributed by atoms with Crippen molar-refractivity contribution < 1.29 is 0 Å². The number of halogens is 1. The molecule has 0 saturated carbocycles. The van der Waals surface area contributed by atoms with E-state index >= 15 is 0 Å². The molecule has 0 aliphatic rings. The molecule has 1 atom stereocenters. The topological polar surface area (TPSA) is 24.1 Å². The molecule has 2 N–H and O–H groups in total. The summed E-state index contributed by atoms with van der Waals surface area (Å²) in [6.07, 6.45) is 0. The van der Waals surface area contributed by atoms with E-state index in [-0.39, 0.29) is 6.04 Å². The molecule has 2 aromatic rings. The van der Waals surface area contributed by atoms with Gasteiger partial charge in [0.05, 0.1) is 6.04 Å². The highest BCUT2D eigenvalue weighted by atomic mass is 35.5. The third-order valence-corrected chi connectivity index (χ3v) is 4.01. The first-order chi connectivity index (χ1) is 10.5. The van der Waals surface area contributed by atoms with Crippen LogP contribution in [0.2, 0.25) is 5.02 Å². The molecule has 0 fully saturated rings. The molecule has 0 aliphatic carbocycles. The van der Waals surface area contributed by atoms with Crippen molar-refractivity contribution >= 4 is 34.6 Å². The minimum absolute atomic E-state index is 0.167. The van der Waals surface area contributed by atoms with Crippen molar-refractivity contribution in [1.29, 1.82) is 0 Å². The molecular weight excluding hydrogens is 312 g/mol. The van der Waals surface area contributed by atoms with Crippen LogP contribution in [0.3, 0.4) is 0 Å². The summed E-state index contributed by atoms with van der Waals surface area (Å²) in [6.45, 7) is 6.50. The Morgan fingerprint density at radius 3 is 2.45 bits per heavy atom. The van der Waals surface area contributed by atoms with E-state index in [2.05, 4.69) is 55.7 Å². The van der Waals surface area contributed by atoms with Gasteiger partial charge in [-0.15, -0.1) is 0 Å². The molecule has 0 spiro atoms. The predicted molar refractivity (Wildman–Crippen MR) is 99.6 cm³/mol. The molecule has 2 aromatic carbocycles. The standard InChI is InChI=1S/C18H21ClN2S/c1-12(2)17(16-10-5-4-7-13(16)3)21-18(22)20-15-9-6-8-14(19)11-15/h4-12,17H,1-3H3,(H2,20,21,22)/t17-/m0/s1. The van der Waals surface area contributed by atoms with Crippen LogP contribution in [0.15, 0.2) is 48.5 Å². The van der Waals surface area contributed by atoms with Crippen LogP contribution in [0.1, 0.15) is 31.0 Å². The SMILES string of the molecule is Cc1ccccc1[C@@H](NC(=S)Nc1cccc(Cl)c1)C(C)C. The number of benzene rings is 2. The molecule has 0 unspecified atom stereocenters. The summed E-state index contributed by atoms with van der Waals surface area (Å²) in [6, 6.07) is 16.1. The quantitative estimate of drug-likeness (QED) is 0.740. The van der Waals surface area contributed by atoms with Gasteiger partial charge in [-0.2, -0.15) is 0 Å². The lowest BCUT2D eigenvalue weighted by atomic mass is 9.93. The summed E-state index contributed by atoms with van der Waals surface area (Å²) < 4.78 is 0. The van der Waals surface area contributed by atoms with E-state index in [0.29, 0.717) is 16.1 Å². The minimum atomic E-state index is 0.167. The van der Waals surface area contributed by atoms with Gasteiger partial charge in [0, 0.05) is 10.7 Å². The maximum absolute atomic E-state index is 6.00. The fraction of sp³-hybridized carbons (Fsp3) is 0.278. The first-order valence-corrected chi connectivity index (χ1v) is 8.14. The van der Waals surface area contributed by atoms with Gasteiger partial charge in [-0.3, -0.25) is 0 Å². The van der Waals surface area contributed by atoms with Crippen LogP contribution in [0.5, 0.6) is 0 Å². The van der Waals surface area contributed by atoms with E-state index in [0.717, 1.165) is 5.69 Å². The molecule has 0 saturated heterocycles. The lowest BCUT2D eigenvalue weighted by Crippen LogP contribution is -2.35. The maximum atomic E-state index is 6.00. The Labute approximate surface area is 142 Å². The molecule has 0 heterocycles. The van der Waals surface area contributed by atoms with Gasteiger partial charge in [0.25, 0.3) is 0 Å². The van der Waals surface area contributed by atoms with Crippen molar-refractivity contribution in [3.8, 4) is 0 Å². The molecule has 0 bridgehead atoms. The van der Waals surface area contributed by atoms with E-state index in [9.17, 15) is 0 Å². The van der Waals surface area contributed by atoms with Gasteiger partial charge in [-0.25, -0.2) is 0 Å².